The number of carbonyl (C=O) groups excluding carboxylic acids is 1. The van der Waals surface area contributed by atoms with Crippen LogP contribution in [0.1, 0.15) is 15.9 Å². The first-order valence-electron chi connectivity index (χ1n) is 8.56. The lowest BCUT2D eigenvalue weighted by atomic mass is 10.1. The molecule has 0 bridgehead atoms. The molecule has 1 amide bonds. The van der Waals surface area contributed by atoms with Crippen LogP contribution >= 0.6 is 0 Å². The van der Waals surface area contributed by atoms with E-state index in [4.69, 9.17) is 4.74 Å². The molecule has 1 N–H and O–H groups in total. The van der Waals surface area contributed by atoms with Crippen LogP contribution in [-0.4, -0.2) is 51.1 Å². The molecule has 25 heavy (non-hydrogen) atoms. The number of hydrogen-bond acceptors (Lipinski definition) is 4. The number of methoxy groups -OCH3 is 1. The molecule has 1 heterocycles. The molecule has 0 aliphatic carbocycles. The number of amides is 1. The summed E-state index contributed by atoms with van der Waals surface area (Å²) in [5.74, 6) is 0.534. The summed E-state index contributed by atoms with van der Waals surface area (Å²) in [7, 11) is 3.75. The van der Waals surface area contributed by atoms with Gasteiger partial charge in [0.2, 0.25) is 0 Å². The van der Waals surface area contributed by atoms with Gasteiger partial charge in [-0.05, 0) is 44.3 Å². The number of anilines is 2. The number of hydrogen-bond donors (Lipinski definition) is 1. The number of ether oxygens (including phenoxy) is 1. The summed E-state index contributed by atoms with van der Waals surface area (Å²) >= 11 is 0. The monoisotopic (exact) mass is 339 g/mol. The van der Waals surface area contributed by atoms with Crippen LogP contribution in [0.2, 0.25) is 0 Å². The molecule has 2 aromatic carbocycles. The van der Waals surface area contributed by atoms with Crippen molar-refractivity contribution in [3.63, 3.8) is 0 Å². The van der Waals surface area contributed by atoms with Gasteiger partial charge in [0.05, 0.1) is 12.8 Å². The van der Waals surface area contributed by atoms with Crippen molar-refractivity contribution in [1.29, 1.82) is 0 Å². The van der Waals surface area contributed by atoms with Gasteiger partial charge >= 0.3 is 0 Å². The van der Waals surface area contributed by atoms with Crippen LogP contribution in [0.25, 0.3) is 0 Å². The van der Waals surface area contributed by atoms with E-state index in [-0.39, 0.29) is 5.91 Å². The average molecular weight is 339 g/mol. The number of piperazine rings is 1. The Kier molecular flexibility index (Phi) is 5.24. The predicted octanol–water partition coefficient (Wildman–Crippen LogP) is 3.01. The summed E-state index contributed by atoms with van der Waals surface area (Å²) in [6, 6.07) is 13.5. The molecule has 0 unspecified atom stereocenters. The van der Waals surface area contributed by atoms with Gasteiger partial charge in [0, 0.05) is 37.4 Å². The first-order valence-corrected chi connectivity index (χ1v) is 8.56. The first kappa shape index (κ1) is 17.3. The maximum Gasteiger partial charge on any atom is 0.255 e. The molecular formula is C20H25N3O2. The van der Waals surface area contributed by atoms with E-state index in [1.807, 2.05) is 49.4 Å². The number of likely N-dealkylation sites (N-methyl/N-ethyl adjacent to an activating group) is 1. The van der Waals surface area contributed by atoms with E-state index in [1.165, 1.54) is 0 Å². The van der Waals surface area contributed by atoms with Gasteiger partial charge in [-0.2, -0.15) is 0 Å². The van der Waals surface area contributed by atoms with Crippen molar-refractivity contribution in [2.75, 3.05) is 50.6 Å². The molecule has 0 spiro atoms. The lowest BCUT2D eigenvalue weighted by Gasteiger charge is -2.34. The molecule has 5 heteroatoms. The fraction of sp³-hybridized carbons (Fsp3) is 0.350. The molecule has 0 saturated carbocycles. The zero-order chi connectivity index (χ0) is 17.8. The third-order valence-corrected chi connectivity index (χ3v) is 4.61. The van der Waals surface area contributed by atoms with Crippen molar-refractivity contribution < 1.29 is 9.53 Å². The maximum atomic E-state index is 12.5. The molecular weight excluding hydrogens is 314 g/mol. The summed E-state index contributed by atoms with van der Waals surface area (Å²) in [6.45, 7) is 6.04. The number of carbonyl (C=O) groups is 1. The minimum atomic E-state index is -0.131. The van der Waals surface area contributed by atoms with Crippen molar-refractivity contribution >= 4 is 17.3 Å². The summed E-state index contributed by atoms with van der Waals surface area (Å²) in [6.07, 6.45) is 0. The van der Waals surface area contributed by atoms with Gasteiger partial charge < -0.3 is 19.9 Å². The topological polar surface area (TPSA) is 44.8 Å². The van der Waals surface area contributed by atoms with Crippen molar-refractivity contribution in [2.45, 2.75) is 6.92 Å². The zero-order valence-electron chi connectivity index (χ0n) is 15.1. The van der Waals surface area contributed by atoms with E-state index in [9.17, 15) is 4.79 Å². The summed E-state index contributed by atoms with van der Waals surface area (Å²) in [5, 5.41) is 2.98. The van der Waals surface area contributed by atoms with Gasteiger partial charge in [-0.3, -0.25) is 4.79 Å². The van der Waals surface area contributed by atoms with Crippen LogP contribution < -0.4 is 15.0 Å². The third-order valence-electron chi connectivity index (χ3n) is 4.61. The van der Waals surface area contributed by atoms with E-state index < -0.39 is 0 Å². The van der Waals surface area contributed by atoms with E-state index in [0.29, 0.717) is 17.0 Å². The highest BCUT2D eigenvalue weighted by atomic mass is 16.5. The second-order valence-electron chi connectivity index (χ2n) is 6.50. The van der Waals surface area contributed by atoms with Gasteiger partial charge in [-0.1, -0.05) is 17.7 Å². The number of rotatable bonds is 4. The van der Waals surface area contributed by atoms with Gasteiger partial charge in [-0.15, -0.1) is 0 Å². The molecule has 132 valence electrons. The highest BCUT2D eigenvalue weighted by Crippen LogP contribution is 2.30. The summed E-state index contributed by atoms with van der Waals surface area (Å²) < 4.78 is 5.42. The fourth-order valence-electron chi connectivity index (χ4n) is 2.95. The number of aryl methyl sites for hydroxylation is 1. The number of nitrogens with zero attached hydrogens (tertiary/aromatic N) is 2. The average Bonchev–Trinajstić information content (AvgIpc) is 2.63. The Morgan fingerprint density at radius 3 is 2.36 bits per heavy atom. The number of benzene rings is 2. The Morgan fingerprint density at radius 2 is 1.72 bits per heavy atom. The predicted molar refractivity (Wildman–Crippen MR) is 102 cm³/mol. The lowest BCUT2D eigenvalue weighted by Crippen LogP contribution is -2.44. The molecule has 0 atom stereocenters. The van der Waals surface area contributed by atoms with E-state index in [0.717, 1.165) is 37.4 Å². The van der Waals surface area contributed by atoms with Crippen LogP contribution in [-0.2, 0) is 0 Å². The zero-order valence-corrected chi connectivity index (χ0v) is 15.1. The van der Waals surface area contributed by atoms with Crippen molar-refractivity contribution in [3.8, 4) is 5.75 Å². The standard InChI is InChI=1S/C20H25N3O2/c1-15-4-6-16(7-5-15)20(24)21-18-14-17(8-9-19(18)25-3)23-12-10-22(2)11-13-23/h4-9,14H,10-13H2,1-3H3,(H,21,24). The van der Waals surface area contributed by atoms with Crippen molar-refractivity contribution in [3.05, 3.63) is 53.6 Å². The summed E-state index contributed by atoms with van der Waals surface area (Å²) in [4.78, 5) is 17.2. The highest BCUT2D eigenvalue weighted by Gasteiger charge is 2.17. The fourth-order valence-corrected chi connectivity index (χ4v) is 2.95. The van der Waals surface area contributed by atoms with E-state index >= 15 is 0 Å². The molecule has 1 aliphatic rings. The molecule has 2 aromatic rings. The highest BCUT2D eigenvalue weighted by molar-refractivity contribution is 6.05. The first-order chi connectivity index (χ1) is 12.1. The minimum Gasteiger partial charge on any atom is -0.495 e. The van der Waals surface area contributed by atoms with Crippen LogP contribution in [0, 0.1) is 6.92 Å². The van der Waals surface area contributed by atoms with Crippen molar-refractivity contribution in [2.24, 2.45) is 0 Å². The Labute approximate surface area is 149 Å². The Bertz CT molecular complexity index is 735. The maximum absolute atomic E-state index is 12.5. The summed E-state index contributed by atoms with van der Waals surface area (Å²) in [5.41, 5.74) is 3.57. The molecule has 0 radical (unpaired) electrons. The second kappa shape index (κ2) is 7.57. The molecule has 0 aromatic heterocycles. The van der Waals surface area contributed by atoms with Crippen molar-refractivity contribution in [1.82, 2.24) is 4.90 Å². The normalized spacial score (nSPS) is 15.1. The largest absolute Gasteiger partial charge is 0.495 e. The smallest absolute Gasteiger partial charge is 0.255 e. The van der Waals surface area contributed by atoms with Crippen LogP contribution in [0.3, 0.4) is 0 Å². The molecule has 5 nitrogen and oxygen atoms in total. The second-order valence-corrected chi connectivity index (χ2v) is 6.50. The molecule has 1 aliphatic heterocycles. The van der Waals surface area contributed by atoms with Gasteiger partial charge in [0.15, 0.2) is 0 Å². The SMILES string of the molecule is COc1ccc(N2CCN(C)CC2)cc1NC(=O)c1ccc(C)cc1. The van der Waals surface area contributed by atoms with Gasteiger partial charge in [0.25, 0.3) is 5.91 Å². The minimum absolute atomic E-state index is 0.131. The van der Waals surface area contributed by atoms with E-state index in [2.05, 4.69) is 22.2 Å². The Morgan fingerprint density at radius 1 is 1.04 bits per heavy atom. The Balaban J connectivity index is 1.80. The van der Waals surface area contributed by atoms with Gasteiger partial charge in [0.1, 0.15) is 5.75 Å². The van der Waals surface area contributed by atoms with E-state index in [1.54, 1.807) is 7.11 Å². The van der Waals surface area contributed by atoms with Crippen LogP contribution in [0.4, 0.5) is 11.4 Å². The Hall–Kier alpha value is -2.53. The van der Waals surface area contributed by atoms with Crippen LogP contribution in [0.15, 0.2) is 42.5 Å². The number of nitrogens with one attached hydrogen (secondary N) is 1. The van der Waals surface area contributed by atoms with Crippen LogP contribution in [0.5, 0.6) is 5.75 Å². The molecule has 1 saturated heterocycles. The lowest BCUT2D eigenvalue weighted by molar-refractivity contribution is 0.102. The molecule has 1 fully saturated rings. The van der Waals surface area contributed by atoms with Gasteiger partial charge in [-0.25, -0.2) is 0 Å². The third kappa shape index (κ3) is 4.12. The molecule has 3 rings (SSSR count). The quantitative estimate of drug-likeness (QED) is 0.930.